The second-order valence-electron chi connectivity index (χ2n) is 4.62. The van der Waals surface area contributed by atoms with Gasteiger partial charge in [0.1, 0.15) is 5.65 Å². The molecule has 2 aromatic heterocycles. The molecule has 0 atom stereocenters. The maximum Gasteiger partial charge on any atom is 0.191 e. The van der Waals surface area contributed by atoms with Crippen molar-refractivity contribution in [2.45, 2.75) is 6.54 Å². The highest BCUT2D eigenvalue weighted by atomic mass is 127. The smallest absolute Gasteiger partial charge is 0.191 e. The Kier molecular flexibility index (Phi) is 5.82. The maximum absolute atomic E-state index is 5.99. The molecule has 1 saturated heterocycles. The molecule has 3 rings (SSSR count). The number of nitrogens with two attached hydrogens (primary N) is 1. The third kappa shape index (κ3) is 4.07. The van der Waals surface area contributed by atoms with Gasteiger partial charge in [0.2, 0.25) is 0 Å². The summed E-state index contributed by atoms with van der Waals surface area (Å²) >= 11 is 3.44. The van der Waals surface area contributed by atoms with Crippen molar-refractivity contribution in [3.05, 3.63) is 34.7 Å². The molecule has 21 heavy (non-hydrogen) atoms. The molecule has 0 bridgehead atoms. The van der Waals surface area contributed by atoms with Crippen molar-refractivity contribution in [3.63, 3.8) is 0 Å². The van der Waals surface area contributed by atoms with E-state index in [0.29, 0.717) is 25.7 Å². The van der Waals surface area contributed by atoms with Crippen LogP contribution in [0.5, 0.6) is 0 Å². The van der Waals surface area contributed by atoms with Crippen LogP contribution in [0.1, 0.15) is 5.69 Å². The minimum Gasteiger partial charge on any atom is -0.378 e. The molecule has 0 radical (unpaired) electrons. The summed E-state index contributed by atoms with van der Waals surface area (Å²) in [6.07, 6.45) is 3.94. The lowest BCUT2D eigenvalue weighted by molar-refractivity contribution is 0.0674. The van der Waals surface area contributed by atoms with E-state index < -0.39 is 0 Å². The van der Waals surface area contributed by atoms with E-state index in [1.165, 1.54) is 0 Å². The van der Waals surface area contributed by atoms with E-state index in [1.54, 1.807) is 0 Å². The van der Waals surface area contributed by atoms with Gasteiger partial charge in [-0.05, 0) is 28.1 Å². The molecule has 0 spiro atoms. The number of nitrogens with zero attached hydrogens (tertiary/aromatic N) is 4. The normalized spacial score (nSPS) is 16.0. The van der Waals surface area contributed by atoms with Gasteiger partial charge in [-0.15, -0.1) is 24.0 Å². The summed E-state index contributed by atoms with van der Waals surface area (Å²) in [6.45, 7) is 3.50. The number of fused-ring (bicyclic) bond motifs is 1. The molecular formula is C13H17BrIN5O. The molecule has 0 saturated carbocycles. The quantitative estimate of drug-likeness (QED) is 0.417. The van der Waals surface area contributed by atoms with Gasteiger partial charge >= 0.3 is 0 Å². The molecule has 0 amide bonds. The van der Waals surface area contributed by atoms with Crippen LogP contribution in [0.2, 0.25) is 0 Å². The van der Waals surface area contributed by atoms with E-state index in [4.69, 9.17) is 10.5 Å². The van der Waals surface area contributed by atoms with Crippen molar-refractivity contribution in [1.29, 1.82) is 0 Å². The Morgan fingerprint density at radius 2 is 2.10 bits per heavy atom. The zero-order chi connectivity index (χ0) is 13.9. The molecule has 1 fully saturated rings. The van der Waals surface area contributed by atoms with E-state index in [-0.39, 0.29) is 24.0 Å². The first-order valence-corrected chi connectivity index (χ1v) is 7.27. The number of ether oxygens (including phenoxy) is 1. The topological polar surface area (TPSA) is 68.1 Å². The maximum atomic E-state index is 5.99. The molecule has 0 aromatic carbocycles. The van der Waals surface area contributed by atoms with Gasteiger partial charge < -0.3 is 19.8 Å². The van der Waals surface area contributed by atoms with Crippen molar-refractivity contribution in [3.8, 4) is 0 Å². The van der Waals surface area contributed by atoms with Gasteiger partial charge in [0.25, 0.3) is 0 Å². The number of hydrogen-bond acceptors (Lipinski definition) is 3. The number of aromatic nitrogens is 2. The van der Waals surface area contributed by atoms with Crippen LogP contribution in [0, 0.1) is 0 Å². The standard InChI is InChI=1S/C13H16BrN5O.HI/c14-10-1-2-12-17-11(9-19(12)8-10)7-16-13(15)18-3-5-20-6-4-18;/h1-2,8-9H,3-7H2,(H2,15,16);1H. The van der Waals surface area contributed by atoms with Gasteiger partial charge in [-0.1, -0.05) is 0 Å². The van der Waals surface area contributed by atoms with Crippen LogP contribution in [-0.4, -0.2) is 46.5 Å². The first-order valence-electron chi connectivity index (χ1n) is 6.48. The number of halogens is 2. The zero-order valence-corrected chi connectivity index (χ0v) is 15.3. The lowest BCUT2D eigenvalue weighted by Crippen LogP contribution is -2.44. The van der Waals surface area contributed by atoms with Crippen LogP contribution < -0.4 is 5.73 Å². The molecule has 114 valence electrons. The summed E-state index contributed by atoms with van der Waals surface area (Å²) in [5.74, 6) is 0.562. The fraction of sp³-hybridized carbons (Fsp3) is 0.385. The predicted molar refractivity (Wildman–Crippen MR) is 96.0 cm³/mol. The minimum atomic E-state index is 0. The fourth-order valence-corrected chi connectivity index (χ4v) is 2.50. The molecule has 6 nitrogen and oxygen atoms in total. The van der Waals surface area contributed by atoms with E-state index in [9.17, 15) is 0 Å². The number of aliphatic imine (C=N–C) groups is 1. The summed E-state index contributed by atoms with van der Waals surface area (Å²) in [4.78, 5) is 11.0. The highest BCUT2D eigenvalue weighted by Crippen LogP contribution is 2.13. The monoisotopic (exact) mass is 465 g/mol. The largest absolute Gasteiger partial charge is 0.378 e. The van der Waals surface area contributed by atoms with Crippen molar-refractivity contribution < 1.29 is 4.74 Å². The van der Waals surface area contributed by atoms with E-state index >= 15 is 0 Å². The molecular weight excluding hydrogens is 449 g/mol. The molecule has 0 unspecified atom stereocenters. The van der Waals surface area contributed by atoms with Gasteiger partial charge in [-0.2, -0.15) is 0 Å². The van der Waals surface area contributed by atoms with Crippen molar-refractivity contribution in [2.75, 3.05) is 26.3 Å². The van der Waals surface area contributed by atoms with Crippen molar-refractivity contribution in [1.82, 2.24) is 14.3 Å². The highest BCUT2D eigenvalue weighted by molar-refractivity contribution is 14.0. The summed E-state index contributed by atoms with van der Waals surface area (Å²) in [6, 6.07) is 3.93. The molecule has 1 aliphatic heterocycles. The van der Waals surface area contributed by atoms with Crippen LogP contribution in [0.15, 0.2) is 34.0 Å². The van der Waals surface area contributed by atoms with Gasteiger partial charge in [-0.3, -0.25) is 0 Å². The van der Waals surface area contributed by atoms with Crippen LogP contribution >= 0.6 is 39.9 Å². The Balaban J connectivity index is 0.00000161. The third-order valence-corrected chi connectivity index (χ3v) is 3.67. The highest BCUT2D eigenvalue weighted by Gasteiger charge is 2.12. The Bertz CT molecular complexity index is 639. The van der Waals surface area contributed by atoms with Crippen LogP contribution in [0.3, 0.4) is 0 Å². The second-order valence-corrected chi connectivity index (χ2v) is 5.53. The summed E-state index contributed by atoms with van der Waals surface area (Å²) in [5, 5.41) is 0. The second kappa shape index (κ2) is 7.41. The Labute approximate surface area is 148 Å². The number of guanidine groups is 1. The lowest BCUT2D eigenvalue weighted by Gasteiger charge is -2.27. The van der Waals surface area contributed by atoms with E-state index in [0.717, 1.165) is 28.9 Å². The average molecular weight is 466 g/mol. The summed E-state index contributed by atoms with van der Waals surface area (Å²) in [5.41, 5.74) is 7.80. The summed E-state index contributed by atoms with van der Waals surface area (Å²) in [7, 11) is 0. The van der Waals surface area contributed by atoms with Crippen LogP contribution in [0.25, 0.3) is 5.65 Å². The number of imidazole rings is 1. The molecule has 2 aromatic rings. The summed E-state index contributed by atoms with van der Waals surface area (Å²) < 4.78 is 8.28. The first kappa shape index (κ1) is 16.5. The molecule has 0 aliphatic carbocycles. The number of hydrogen-bond donors (Lipinski definition) is 1. The van der Waals surface area contributed by atoms with E-state index in [2.05, 4.69) is 25.9 Å². The van der Waals surface area contributed by atoms with Crippen LogP contribution in [-0.2, 0) is 11.3 Å². The third-order valence-electron chi connectivity index (χ3n) is 3.20. The number of pyridine rings is 1. The fourth-order valence-electron chi connectivity index (χ4n) is 2.15. The average Bonchev–Trinajstić information content (AvgIpc) is 2.87. The van der Waals surface area contributed by atoms with Gasteiger partial charge in [0.05, 0.1) is 25.5 Å². The molecule has 2 N–H and O–H groups in total. The van der Waals surface area contributed by atoms with Gasteiger partial charge in [0.15, 0.2) is 5.96 Å². The Morgan fingerprint density at radius 3 is 2.86 bits per heavy atom. The predicted octanol–water partition coefficient (Wildman–Crippen LogP) is 1.86. The van der Waals surface area contributed by atoms with Crippen molar-refractivity contribution in [2.24, 2.45) is 10.7 Å². The molecule has 8 heteroatoms. The molecule has 3 heterocycles. The Morgan fingerprint density at radius 1 is 1.33 bits per heavy atom. The molecule has 1 aliphatic rings. The lowest BCUT2D eigenvalue weighted by atomic mass is 10.4. The first-order chi connectivity index (χ1) is 9.72. The minimum absolute atomic E-state index is 0. The van der Waals surface area contributed by atoms with Gasteiger partial charge in [-0.25, -0.2) is 9.98 Å². The Hall–Kier alpha value is -0.870. The van der Waals surface area contributed by atoms with Crippen LogP contribution in [0.4, 0.5) is 0 Å². The number of morpholine rings is 1. The SMILES string of the molecule is I.NC(=NCc1cn2cc(Br)ccc2n1)N1CCOCC1. The van der Waals surface area contributed by atoms with E-state index in [1.807, 2.05) is 33.8 Å². The van der Waals surface area contributed by atoms with Gasteiger partial charge in [0, 0.05) is 30.0 Å². The number of rotatable bonds is 2. The zero-order valence-electron chi connectivity index (χ0n) is 11.4. The van der Waals surface area contributed by atoms with Crippen molar-refractivity contribution >= 4 is 51.5 Å².